The highest BCUT2D eigenvalue weighted by atomic mass is 32.2. The van der Waals surface area contributed by atoms with Crippen LogP contribution in [0.2, 0.25) is 0 Å². The molecule has 0 radical (unpaired) electrons. The Morgan fingerprint density at radius 3 is 2.67 bits per heavy atom. The molecule has 1 aliphatic heterocycles. The molecule has 1 aliphatic rings. The first-order valence-corrected chi connectivity index (χ1v) is 8.39. The second-order valence-corrected chi connectivity index (χ2v) is 6.21. The van der Waals surface area contributed by atoms with Crippen molar-refractivity contribution in [2.24, 2.45) is 5.73 Å². The Kier molecular flexibility index (Phi) is 7.06. The molecule has 0 aliphatic carbocycles. The van der Waals surface area contributed by atoms with Crippen LogP contribution in [-0.2, 0) is 0 Å². The molecule has 0 unspecified atom stereocenters. The van der Waals surface area contributed by atoms with E-state index < -0.39 is 0 Å². The zero-order valence-corrected chi connectivity index (χ0v) is 13.1. The normalized spacial score (nSPS) is 16.4. The molecule has 0 spiro atoms. The average Bonchev–Trinajstić information content (AvgIpc) is 3.00. The predicted octanol–water partition coefficient (Wildman–Crippen LogP) is 3.07. The van der Waals surface area contributed by atoms with E-state index in [1.54, 1.807) is 0 Å². The van der Waals surface area contributed by atoms with E-state index >= 15 is 0 Å². The fourth-order valence-corrected chi connectivity index (χ4v) is 3.18. The molecule has 0 bridgehead atoms. The number of ether oxygens (including phenoxy) is 1. The second-order valence-electron chi connectivity index (χ2n) is 5.04. The minimum atomic E-state index is -0.332. The van der Waals surface area contributed by atoms with E-state index in [2.05, 4.69) is 4.90 Å². The van der Waals surface area contributed by atoms with Crippen LogP contribution in [0.25, 0.3) is 0 Å². The Morgan fingerprint density at radius 2 is 2.00 bits per heavy atom. The number of nitrogens with zero attached hydrogens (tertiary/aromatic N) is 1. The van der Waals surface area contributed by atoms with Crippen molar-refractivity contribution in [2.75, 3.05) is 38.5 Å². The van der Waals surface area contributed by atoms with Crippen LogP contribution in [0.4, 0.5) is 4.39 Å². The molecule has 1 fully saturated rings. The van der Waals surface area contributed by atoms with E-state index in [-0.39, 0.29) is 19.0 Å². The molecule has 5 heteroatoms. The van der Waals surface area contributed by atoms with Crippen LogP contribution < -0.4 is 10.5 Å². The minimum absolute atomic E-state index is 0.0569. The maximum absolute atomic E-state index is 13.1. The fourth-order valence-electron chi connectivity index (χ4n) is 2.27. The third-order valence-electron chi connectivity index (χ3n) is 3.41. The third kappa shape index (κ3) is 6.08. The van der Waals surface area contributed by atoms with Gasteiger partial charge in [0.2, 0.25) is 0 Å². The van der Waals surface area contributed by atoms with Crippen molar-refractivity contribution in [3.05, 3.63) is 36.2 Å². The standard InChI is InChI=1S/C16H23FN2OS/c17-14(7-8-18)13-20-15-3-5-16(6-4-15)21-12-11-19-9-1-2-10-19/h3-7H,1-2,8-13,18H2/b14-7+. The zero-order chi connectivity index (χ0) is 14.9. The van der Waals surface area contributed by atoms with Gasteiger partial charge in [0, 0.05) is 23.7 Å². The third-order valence-corrected chi connectivity index (χ3v) is 4.41. The second kappa shape index (κ2) is 9.07. The van der Waals surface area contributed by atoms with Gasteiger partial charge in [-0.3, -0.25) is 0 Å². The Labute approximate surface area is 130 Å². The first-order valence-electron chi connectivity index (χ1n) is 7.40. The molecule has 0 aromatic heterocycles. The highest BCUT2D eigenvalue weighted by molar-refractivity contribution is 7.99. The summed E-state index contributed by atoms with van der Waals surface area (Å²) in [4.78, 5) is 3.73. The van der Waals surface area contributed by atoms with E-state index in [1.165, 1.54) is 36.9 Å². The summed E-state index contributed by atoms with van der Waals surface area (Å²) in [6.45, 7) is 3.78. The molecular formula is C16H23FN2OS. The van der Waals surface area contributed by atoms with Crippen LogP contribution in [0.3, 0.4) is 0 Å². The summed E-state index contributed by atoms with van der Waals surface area (Å²) in [5.41, 5.74) is 5.23. The Bertz CT molecular complexity index is 444. The Balaban J connectivity index is 1.69. The van der Waals surface area contributed by atoms with Gasteiger partial charge in [0.25, 0.3) is 0 Å². The lowest BCUT2D eigenvalue weighted by molar-refractivity contribution is 0.318. The largest absolute Gasteiger partial charge is 0.487 e. The Morgan fingerprint density at radius 1 is 1.29 bits per heavy atom. The van der Waals surface area contributed by atoms with Crippen molar-refractivity contribution in [3.63, 3.8) is 0 Å². The van der Waals surface area contributed by atoms with Crippen molar-refractivity contribution in [3.8, 4) is 5.75 Å². The number of nitrogens with two attached hydrogens (primary N) is 1. The number of rotatable bonds is 8. The molecule has 1 aromatic rings. The van der Waals surface area contributed by atoms with Gasteiger partial charge in [-0.2, -0.15) is 0 Å². The minimum Gasteiger partial charge on any atom is -0.487 e. The van der Waals surface area contributed by atoms with Crippen LogP contribution in [0.5, 0.6) is 5.75 Å². The van der Waals surface area contributed by atoms with Gasteiger partial charge < -0.3 is 15.4 Å². The van der Waals surface area contributed by atoms with Gasteiger partial charge in [0.15, 0.2) is 0 Å². The highest BCUT2D eigenvalue weighted by Crippen LogP contribution is 2.22. The summed E-state index contributed by atoms with van der Waals surface area (Å²) in [7, 11) is 0. The summed E-state index contributed by atoms with van der Waals surface area (Å²) in [5.74, 6) is 1.45. The van der Waals surface area contributed by atoms with Crippen LogP contribution in [0.1, 0.15) is 12.8 Å². The summed E-state index contributed by atoms with van der Waals surface area (Å²) >= 11 is 1.85. The summed E-state index contributed by atoms with van der Waals surface area (Å²) in [6.07, 6.45) is 4.00. The van der Waals surface area contributed by atoms with E-state index in [4.69, 9.17) is 10.5 Å². The van der Waals surface area contributed by atoms with Crippen molar-refractivity contribution < 1.29 is 9.13 Å². The van der Waals surface area contributed by atoms with E-state index in [9.17, 15) is 4.39 Å². The topological polar surface area (TPSA) is 38.5 Å². The van der Waals surface area contributed by atoms with E-state index in [1.807, 2.05) is 36.0 Å². The lowest BCUT2D eigenvalue weighted by Gasteiger charge is -2.13. The molecule has 0 amide bonds. The lowest BCUT2D eigenvalue weighted by Crippen LogP contribution is -2.21. The van der Waals surface area contributed by atoms with Gasteiger partial charge in [-0.25, -0.2) is 4.39 Å². The first kappa shape index (κ1) is 16.3. The molecule has 1 heterocycles. The zero-order valence-electron chi connectivity index (χ0n) is 12.3. The smallest absolute Gasteiger partial charge is 0.139 e. The number of benzene rings is 1. The van der Waals surface area contributed by atoms with Gasteiger partial charge in [-0.1, -0.05) is 0 Å². The number of likely N-dealkylation sites (tertiary alicyclic amines) is 1. The fraction of sp³-hybridized carbons (Fsp3) is 0.500. The van der Waals surface area contributed by atoms with Crippen molar-refractivity contribution in [1.29, 1.82) is 0 Å². The molecule has 116 valence electrons. The quantitative estimate of drug-likeness (QED) is 0.749. The van der Waals surface area contributed by atoms with Gasteiger partial charge in [-0.15, -0.1) is 11.8 Å². The molecule has 21 heavy (non-hydrogen) atoms. The summed E-state index contributed by atoms with van der Waals surface area (Å²) in [5, 5.41) is 0. The van der Waals surface area contributed by atoms with Gasteiger partial charge in [0.1, 0.15) is 18.2 Å². The number of hydrogen-bond donors (Lipinski definition) is 1. The van der Waals surface area contributed by atoms with Crippen molar-refractivity contribution in [2.45, 2.75) is 17.7 Å². The Hall–Kier alpha value is -1.04. The molecule has 0 atom stereocenters. The molecule has 1 aromatic carbocycles. The van der Waals surface area contributed by atoms with Gasteiger partial charge in [0.05, 0.1) is 0 Å². The average molecular weight is 310 g/mol. The summed E-state index contributed by atoms with van der Waals surface area (Å²) < 4.78 is 18.5. The van der Waals surface area contributed by atoms with Crippen LogP contribution in [-0.4, -0.2) is 43.4 Å². The predicted molar refractivity (Wildman–Crippen MR) is 86.6 cm³/mol. The number of hydrogen-bond acceptors (Lipinski definition) is 4. The monoisotopic (exact) mass is 310 g/mol. The molecule has 1 saturated heterocycles. The maximum Gasteiger partial charge on any atom is 0.139 e. The SMILES string of the molecule is NC/C=C(/F)COc1ccc(SCCN2CCCC2)cc1. The van der Waals surface area contributed by atoms with Crippen LogP contribution >= 0.6 is 11.8 Å². The highest BCUT2D eigenvalue weighted by Gasteiger charge is 2.10. The molecule has 3 nitrogen and oxygen atoms in total. The first-order chi connectivity index (χ1) is 10.3. The van der Waals surface area contributed by atoms with Crippen LogP contribution in [0, 0.1) is 0 Å². The van der Waals surface area contributed by atoms with E-state index in [0.29, 0.717) is 5.75 Å². The van der Waals surface area contributed by atoms with E-state index in [0.717, 1.165) is 12.3 Å². The molecular weight excluding hydrogens is 287 g/mol. The lowest BCUT2D eigenvalue weighted by atomic mass is 10.3. The maximum atomic E-state index is 13.1. The number of halogens is 1. The number of thioether (sulfide) groups is 1. The van der Waals surface area contributed by atoms with Crippen LogP contribution in [0.15, 0.2) is 41.1 Å². The van der Waals surface area contributed by atoms with Crippen molar-refractivity contribution in [1.82, 2.24) is 4.90 Å². The molecule has 2 rings (SSSR count). The summed E-state index contributed by atoms with van der Waals surface area (Å²) in [6, 6.07) is 7.81. The van der Waals surface area contributed by atoms with Crippen molar-refractivity contribution >= 4 is 11.8 Å². The molecule has 2 N–H and O–H groups in total. The van der Waals surface area contributed by atoms with Gasteiger partial charge in [-0.05, 0) is 56.3 Å². The molecule has 0 saturated carbocycles. The van der Waals surface area contributed by atoms with Gasteiger partial charge >= 0.3 is 0 Å².